The van der Waals surface area contributed by atoms with Crippen LogP contribution in [0.5, 0.6) is 0 Å². The quantitative estimate of drug-likeness (QED) is 0.250. The van der Waals surface area contributed by atoms with Gasteiger partial charge < -0.3 is 47.4 Å². The molecular weight excluding hydrogens is 580 g/mol. The summed E-state index contributed by atoms with van der Waals surface area (Å²) in [5.41, 5.74) is 0. The van der Waals surface area contributed by atoms with Crippen LogP contribution in [-0.4, -0.2) is 106 Å². The summed E-state index contributed by atoms with van der Waals surface area (Å²) in [7, 11) is 1.24. The van der Waals surface area contributed by atoms with E-state index in [2.05, 4.69) is 0 Å². The van der Waals surface area contributed by atoms with Crippen molar-refractivity contribution in [1.82, 2.24) is 0 Å². The molecule has 11 atom stereocenters. The average molecular weight is 619 g/mol. The van der Waals surface area contributed by atoms with Crippen LogP contribution in [0.4, 0.5) is 0 Å². The standard InChI is InChI=1S/C27H38O16/c1-11-21-17(8-20(37-11)38-13(3)29)18(25(33)34-7)9-36-26(21)43-27-24(41-16(6)32)23(40-15(5)31)22(39-14(4)30)19(42-27)10-35-12(2)28/h11,17-24,26-27H,8-10H2,1-7H3. The topological polar surface area (TPSA) is 195 Å². The van der Waals surface area contributed by atoms with Crippen LogP contribution >= 0.6 is 0 Å². The van der Waals surface area contributed by atoms with E-state index in [1.807, 2.05) is 0 Å². The summed E-state index contributed by atoms with van der Waals surface area (Å²) in [5, 5.41) is 0. The highest BCUT2D eigenvalue weighted by Crippen LogP contribution is 2.44. The molecule has 43 heavy (non-hydrogen) atoms. The van der Waals surface area contributed by atoms with Gasteiger partial charge in [-0.1, -0.05) is 0 Å². The first kappa shape index (κ1) is 34.2. The van der Waals surface area contributed by atoms with Crippen molar-refractivity contribution in [2.45, 2.75) is 97.4 Å². The van der Waals surface area contributed by atoms with E-state index in [1.54, 1.807) is 6.92 Å². The fourth-order valence-electron chi connectivity index (χ4n) is 5.62. The van der Waals surface area contributed by atoms with Crippen LogP contribution in [0.15, 0.2) is 0 Å². The monoisotopic (exact) mass is 618 g/mol. The van der Waals surface area contributed by atoms with Gasteiger partial charge in [0.25, 0.3) is 0 Å². The molecule has 3 aliphatic heterocycles. The van der Waals surface area contributed by atoms with Gasteiger partial charge in [0.1, 0.15) is 12.7 Å². The molecule has 16 nitrogen and oxygen atoms in total. The van der Waals surface area contributed by atoms with Gasteiger partial charge in [-0.15, -0.1) is 0 Å². The number of esters is 6. The molecule has 0 aromatic carbocycles. The SMILES string of the molecule is COC(=O)C1COC(OC2OC(COC(C)=O)C(OC(C)=O)C(OC(C)=O)C2OC(C)=O)C2C(C)OC(OC(C)=O)CC12. The Bertz CT molecular complexity index is 1060. The van der Waals surface area contributed by atoms with Gasteiger partial charge in [0.2, 0.25) is 12.6 Å². The minimum Gasteiger partial charge on any atom is -0.469 e. The van der Waals surface area contributed by atoms with Crippen molar-refractivity contribution in [1.29, 1.82) is 0 Å². The highest BCUT2D eigenvalue weighted by molar-refractivity contribution is 5.73. The van der Waals surface area contributed by atoms with Crippen LogP contribution in [0.2, 0.25) is 0 Å². The Kier molecular flexibility index (Phi) is 11.8. The lowest BCUT2D eigenvalue weighted by Gasteiger charge is -2.50. The van der Waals surface area contributed by atoms with Crippen LogP contribution in [-0.2, 0) is 76.1 Å². The average Bonchev–Trinajstić information content (AvgIpc) is 2.89. The van der Waals surface area contributed by atoms with E-state index in [0.717, 1.165) is 27.7 Å². The number of hydrogen-bond donors (Lipinski definition) is 0. The van der Waals surface area contributed by atoms with Crippen LogP contribution in [0.3, 0.4) is 0 Å². The highest BCUT2D eigenvalue weighted by atomic mass is 16.8. The summed E-state index contributed by atoms with van der Waals surface area (Å²) >= 11 is 0. The van der Waals surface area contributed by atoms with Crippen LogP contribution < -0.4 is 0 Å². The maximum Gasteiger partial charge on any atom is 0.311 e. The van der Waals surface area contributed by atoms with E-state index in [1.165, 1.54) is 14.0 Å². The molecule has 0 aromatic rings. The molecule has 0 N–H and O–H groups in total. The molecule has 0 spiro atoms. The smallest absolute Gasteiger partial charge is 0.311 e. The number of rotatable bonds is 9. The lowest BCUT2D eigenvalue weighted by molar-refractivity contribution is -0.370. The first-order chi connectivity index (χ1) is 20.2. The second kappa shape index (κ2) is 14.9. The first-order valence-electron chi connectivity index (χ1n) is 13.7. The Balaban J connectivity index is 1.98. The van der Waals surface area contributed by atoms with E-state index in [0.29, 0.717) is 0 Å². The third-order valence-corrected chi connectivity index (χ3v) is 7.16. The summed E-state index contributed by atoms with van der Waals surface area (Å²) in [6.45, 7) is 6.80. The molecule has 0 radical (unpaired) electrons. The third-order valence-electron chi connectivity index (χ3n) is 7.16. The van der Waals surface area contributed by atoms with Gasteiger partial charge in [0, 0.05) is 47.0 Å². The highest BCUT2D eigenvalue weighted by Gasteiger charge is 2.57. The van der Waals surface area contributed by atoms with Crippen LogP contribution in [0, 0.1) is 17.8 Å². The summed E-state index contributed by atoms with van der Waals surface area (Å²) in [6.07, 6.45) is -9.69. The molecule has 16 heteroatoms. The second-order valence-electron chi connectivity index (χ2n) is 10.4. The molecule has 3 aliphatic rings. The largest absolute Gasteiger partial charge is 0.469 e. The van der Waals surface area contributed by atoms with E-state index >= 15 is 0 Å². The van der Waals surface area contributed by atoms with Gasteiger partial charge in [-0.05, 0) is 12.8 Å². The van der Waals surface area contributed by atoms with Gasteiger partial charge in [-0.3, -0.25) is 28.8 Å². The molecule has 3 rings (SSSR count). The summed E-state index contributed by atoms with van der Waals surface area (Å²) < 4.78 is 55.7. The summed E-state index contributed by atoms with van der Waals surface area (Å²) in [6, 6.07) is 0. The molecule has 242 valence electrons. The van der Waals surface area contributed by atoms with Crippen molar-refractivity contribution in [2.24, 2.45) is 17.8 Å². The fraction of sp³-hybridized carbons (Fsp3) is 0.778. The predicted octanol–water partition coefficient (Wildman–Crippen LogP) is 0.162. The van der Waals surface area contributed by atoms with Crippen molar-refractivity contribution in [3.05, 3.63) is 0 Å². The Morgan fingerprint density at radius 3 is 1.86 bits per heavy atom. The van der Waals surface area contributed by atoms with Gasteiger partial charge >= 0.3 is 35.8 Å². The maximum atomic E-state index is 12.7. The normalized spacial score (nSPS) is 35.4. The Morgan fingerprint density at radius 2 is 1.30 bits per heavy atom. The molecule has 0 bridgehead atoms. The van der Waals surface area contributed by atoms with Crippen LogP contribution in [0.1, 0.15) is 48.0 Å². The molecule has 3 saturated heterocycles. The molecule has 0 amide bonds. The van der Waals surface area contributed by atoms with Crippen molar-refractivity contribution in [2.75, 3.05) is 20.3 Å². The van der Waals surface area contributed by atoms with Crippen molar-refractivity contribution >= 4 is 35.8 Å². The Labute approximate surface area is 247 Å². The predicted molar refractivity (Wildman–Crippen MR) is 136 cm³/mol. The van der Waals surface area contributed by atoms with E-state index < -0.39 is 110 Å². The number of hydrogen-bond acceptors (Lipinski definition) is 16. The molecule has 3 heterocycles. The lowest BCUT2D eigenvalue weighted by Crippen LogP contribution is -2.64. The molecule has 11 unspecified atom stereocenters. The van der Waals surface area contributed by atoms with Gasteiger partial charge in [0.05, 0.1) is 25.7 Å². The Hall–Kier alpha value is -3.34. The summed E-state index contributed by atoms with van der Waals surface area (Å²) in [5.74, 6) is -6.08. The van der Waals surface area contributed by atoms with E-state index in [9.17, 15) is 28.8 Å². The minimum absolute atomic E-state index is 0.121. The number of fused-ring (bicyclic) bond motifs is 1. The van der Waals surface area contributed by atoms with Crippen molar-refractivity contribution < 1.29 is 76.1 Å². The minimum atomic E-state index is -1.51. The van der Waals surface area contributed by atoms with Gasteiger partial charge in [-0.25, -0.2) is 0 Å². The molecular formula is C27H38O16. The molecule has 3 fully saturated rings. The Morgan fingerprint density at radius 1 is 0.721 bits per heavy atom. The second-order valence-corrected chi connectivity index (χ2v) is 10.4. The molecule has 0 aromatic heterocycles. The summed E-state index contributed by atoms with van der Waals surface area (Å²) in [4.78, 5) is 72.2. The zero-order valence-electron chi connectivity index (χ0n) is 25.0. The fourth-order valence-corrected chi connectivity index (χ4v) is 5.62. The maximum absolute atomic E-state index is 12.7. The lowest BCUT2D eigenvalue weighted by atomic mass is 9.73. The number of carbonyl (C=O) groups is 6. The van der Waals surface area contributed by atoms with Crippen LogP contribution in [0.25, 0.3) is 0 Å². The first-order valence-corrected chi connectivity index (χ1v) is 13.7. The van der Waals surface area contributed by atoms with Crippen molar-refractivity contribution in [3.63, 3.8) is 0 Å². The molecule has 0 saturated carbocycles. The zero-order chi connectivity index (χ0) is 32.0. The van der Waals surface area contributed by atoms with Crippen molar-refractivity contribution in [3.8, 4) is 0 Å². The van der Waals surface area contributed by atoms with Gasteiger partial charge in [0.15, 0.2) is 24.6 Å². The molecule has 0 aliphatic carbocycles. The van der Waals surface area contributed by atoms with E-state index in [-0.39, 0.29) is 13.0 Å². The third kappa shape index (κ3) is 8.84. The number of methoxy groups -OCH3 is 1. The number of carbonyl (C=O) groups excluding carboxylic acids is 6. The number of ether oxygens (including phenoxy) is 10. The van der Waals surface area contributed by atoms with Gasteiger partial charge in [-0.2, -0.15) is 0 Å². The zero-order valence-corrected chi connectivity index (χ0v) is 25.0. The van der Waals surface area contributed by atoms with E-state index in [4.69, 9.17) is 47.4 Å².